The topological polar surface area (TPSA) is 35.5 Å². The molecule has 2 bridgehead atoms. The molecule has 282 valence electrons. The van der Waals surface area contributed by atoms with Gasteiger partial charge in [-0.3, -0.25) is 4.52 Å². The fourth-order valence-electron chi connectivity index (χ4n) is 8.89. The zero-order valence-corrected chi connectivity index (χ0v) is 36.1. The molecule has 3 nitrogen and oxygen atoms in total. The number of hydrogen-bond donors (Lipinski definition) is 0. The average molecular weight is 749 g/mol. The molecule has 2 aliphatic carbocycles. The van der Waals surface area contributed by atoms with Gasteiger partial charge < -0.3 is 8.39 Å². The van der Waals surface area contributed by atoms with Crippen molar-refractivity contribution < 1.29 is 12.9 Å². The zero-order valence-electron chi connectivity index (χ0n) is 34.3. The van der Waals surface area contributed by atoms with Gasteiger partial charge in [0.05, 0.1) is 6.61 Å². The SMILES string of the molecule is CC(C)(C)c1cc(C(C)(C)C)c2op(OCC3C4CCC(C4)C3P(c3ccccc3)c3ccccc3)oc3c(C(C)(C)C)cc(C(C)(C)C)cc3c2c1. The third kappa shape index (κ3) is 7.70. The van der Waals surface area contributed by atoms with Crippen LogP contribution in [0.25, 0.3) is 21.9 Å². The van der Waals surface area contributed by atoms with Crippen LogP contribution in [0.5, 0.6) is 0 Å². The second-order valence-electron chi connectivity index (χ2n) is 20.0. The van der Waals surface area contributed by atoms with Crippen LogP contribution < -0.4 is 15.1 Å². The standard InChI is InChI=1S/C48H62O3P2/c1-45(2,3)33-26-37-38-27-34(46(4,5)6)29-41(48(10,11)12)43(38)51-53(50-42(37)40(28-33)47(7,8)9)49-30-39-31-23-24-32(25-31)44(39)52(35-19-15-13-16-20-35)36-21-17-14-18-22-36/h13-22,26-29,31-32,39,44H,23-25,30H2,1-12H3. The molecular formula is C48H62O3P2. The Morgan fingerprint density at radius 3 is 1.43 bits per heavy atom. The van der Waals surface area contributed by atoms with E-state index in [1.54, 1.807) is 0 Å². The maximum atomic E-state index is 7.19. The number of benzene rings is 4. The van der Waals surface area contributed by atoms with Crippen LogP contribution in [-0.2, 0) is 21.7 Å². The second kappa shape index (κ2) is 14.0. The van der Waals surface area contributed by atoms with E-state index in [0.717, 1.165) is 27.9 Å². The third-order valence-electron chi connectivity index (χ3n) is 11.9. The van der Waals surface area contributed by atoms with Crippen LogP contribution in [0.15, 0.2) is 93.3 Å². The van der Waals surface area contributed by atoms with Crippen molar-refractivity contribution in [2.24, 2.45) is 17.8 Å². The van der Waals surface area contributed by atoms with E-state index >= 15 is 0 Å². The van der Waals surface area contributed by atoms with E-state index in [0.29, 0.717) is 24.1 Å². The molecule has 2 aliphatic rings. The first-order valence-electron chi connectivity index (χ1n) is 19.9. The zero-order chi connectivity index (χ0) is 38.1. The molecule has 4 unspecified atom stereocenters. The fraction of sp³-hybridized carbons (Fsp3) is 0.500. The summed E-state index contributed by atoms with van der Waals surface area (Å²) in [4.78, 5) is 0. The van der Waals surface area contributed by atoms with Crippen molar-refractivity contribution >= 4 is 48.7 Å². The van der Waals surface area contributed by atoms with Gasteiger partial charge in [0.15, 0.2) is 0 Å². The smallest absolute Gasteiger partial charge is 0.387 e. The van der Waals surface area contributed by atoms with Crippen LogP contribution in [0.1, 0.15) is 125 Å². The minimum atomic E-state index is -1.74. The van der Waals surface area contributed by atoms with Gasteiger partial charge in [0.1, 0.15) is 11.2 Å². The quantitative estimate of drug-likeness (QED) is 0.162. The van der Waals surface area contributed by atoms with Crippen molar-refractivity contribution in [3.05, 3.63) is 107 Å². The molecule has 0 N–H and O–H groups in total. The highest BCUT2D eigenvalue weighted by Crippen LogP contribution is 2.61. The van der Waals surface area contributed by atoms with Gasteiger partial charge in [0, 0.05) is 21.9 Å². The largest absolute Gasteiger partial charge is 0.399 e. The molecule has 1 heterocycles. The molecule has 0 aliphatic heterocycles. The van der Waals surface area contributed by atoms with Crippen molar-refractivity contribution in [1.82, 2.24) is 0 Å². The molecule has 4 atom stereocenters. The van der Waals surface area contributed by atoms with Crippen LogP contribution >= 0.6 is 16.2 Å². The Bertz CT molecular complexity index is 1990. The highest BCUT2D eigenvalue weighted by atomic mass is 31.1. The Hall–Kier alpha value is -2.83. The Balaban J connectivity index is 1.43. The summed E-state index contributed by atoms with van der Waals surface area (Å²) < 4.78 is 21.5. The molecule has 7 rings (SSSR count). The van der Waals surface area contributed by atoms with Crippen LogP contribution in [-0.4, -0.2) is 12.3 Å². The highest BCUT2D eigenvalue weighted by Gasteiger charge is 2.51. The summed E-state index contributed by atoms with van der Waals surface area (Å²) in [5.74, 6) is 1.84. The minimum absolute atomic E-state index is 0.0370. The van der Waals surface area contributed by atoms with Gasteiger partial charge in [-0.05, 0) is 106 Å². The Morgan fingerprint density at radius 2 is 1.02 bits per heavy atom. The van der Waals surface area contributed by atoms with E-state index in [9.17, 15) is 0 Å². The molecule has 1 aromatic heterocycles. The predicted octanol–water partition coefficient (Wildman–Crippen LogP) is 13.5. The van der Waals surface area contributed by atoms with Crippen LogP contribution in [0, 0.1) is 17.8 Å². The number of hydrogen-bond acceptors (Lipinski definition) is 3. The van der Waals surface area contributed by atoms with Gasteiger partial charge >= 0.3 is 8.24 Å². The second-order valence-corrected chi connectivity index (χ2v) is 23.5. The lowest BCUT2D eigenvalue weighted by Gasteiger charge is -2.37. The molecule has 4 aromatic carbocycles. The first-order chi connectivity index (χ1) is 24.8. The van der Waals surface area contributed by atoms with Gasteiger partial charge in [0.25, 0.3) is 0 Å². The lowest BCUT2D eigenvalue weighted by atomic mass is 9.77. The molecule has 53 heavy (non-hydrogen) atoms. The first-order valence-corrected chi connectivity index (χ1v) is 22.4. The van der Waals surface area contributed by atoms with E-state index in [4.69, 9.17) is 12.9 Å². The predicted molar refractivity (Wildman–Crippen MR) is 230 cm³/mol. The monoisotopic (exact) mass is 748 g/mol. The molecule has 0 saturated heterocycles. The van der Waals surface area contributed by atoms with Crippen molar-refractivity contribution in [1.29, 1.82) is 0 Å². The van der Waals surface area contributed by atoms with Gasteiger partial charge in [0.2, 0.25) is 0 Å². The molecular weight excluding hydrogens is 686 g/mol. The molecule has 0 amide bonds. The minimum Gasteiger partial charge on any atom is -0.399 e. The van der Waals surface area contributed by atoms with Crippen molar-refractivity contribution in [2.45, 2.75) is 130 Å². The van der Waals surface area contributed by atoms with E-state index in [1.807, 2.05) is 0 Å². The number of fused-ring (bicyclic) bond motifs is 5. The van der Waals surface area contributed by atoms with Gasteiger partial charge in [-0.25, -0.2) is 0 Å². The van der Waals surface area contributed by atoms with Crippen LogP contribution in [0.2, 0.25) is 0 Å². The van der Waals surface area contributed by atoms with Crippen LogP contribution in [0.4, 0.5) is 0 Å². The van der Waals surface area contributed by atoms with Gasteiger partial charge in [-0.15, -0.1) is 0 Å². The Labute approximate surface area is 321 Å². The average Bonchev–Trinajstić information content (AvgIpc) is 3.64. The molecule has 2 saturated carbocycles. The number of rotatable bonds is 6. The van der Waals surface area contributed by atoms with E-state index in [2.05, 4.69) is 168 Å². The fourth-order valence-corrected chi connectivity index (χ4v) is 13.4. The van der Waals surface area contributed by atoms with Crippen molar-refractivity contribution in [3.8, 4) is 0 Å². The van der Waals surface area contributed by atoms with Crippen LogP contribution in [0.3, 0.4) is 0 Å². The summed E-state index contributed by atoms with van der Waals surface area (Å²) in [5, 5.41) is 5.19. The van der Waals surface area contributed by atoms with Gasteiger partial charge in [-0.2, -0.15) is 0 Å². The maximum absolute atomic E-state index is 7.19. The van der Waals surface area contributed by atoms with Crippen molar-refractivity contribution in [2.75, 3.05) is 6.61 Å². The molecule has 0 radical (unpaired) electrons. The normalized spacial score (nSPS) is 20.9. The first kappa shape index (κ1) is 38.4. The lowest BCUT2D eigenvalue weighted by molar-refractivity contribution is 0.233. The van der Waals surface area contributed by atoms with Crippen molar-refractivity contribution in [3.63, 3.8) is 0 Å². The van der Waals surface area contributed by atoms with Gasteiger partial charge in [-0.1, -0.05) is 156 Å². The Morgan fingerprint density at radius 1 is 0.585 bits per heavy atom. The molecule has 5 aromatic rings. The van der Waals surface area contributed by atoms with E-state index < -0.39 is 16.2 Å². The molecule has 5 heteroatoms. The summed E-state index contributed by atoms with van der Waals surface area (Å²) in [6, 6.07) is 32.1. The summed E-state index contributed by atoms with van der Waals surface area (Å²) >= 11 is 0. The highest BCUT2D eigenvalue weighted by molar-refractivity contribution is 7.73. The summed E-state index contributed by atoms with van der Waals surface area (Å²) in [7, 11) is -2.29. The molecule has 0 spiro atoms. The maximum Gasteiger partial charge on any atom is 0.387 e. The summed E-state index contributed by atoms with van der Waals surface area (Å²) in [6.07, 6.45) is 3.92. The van der Waals surface area contributed by atoms with E-state index in [-0.39, 0.29) is 21.7 Å². The Kier molecular flexibility index (Phi) is 10.2. The lowest BCUT2D eigenvalue weighted by Crippen LogP contribution is -2.35. The van der Waals surface area contributed by atoms with E-state index in [1.165, 1.54) is 52.1 Å². The summed E-state index contributed by atoms with van der Waals surface area (Å²) in [5.41, 5.74) is 7.06. The third-order valence-corrected chi connectivity index (χ3v) is 16.1. The molecule has 2 fully saturated rings. The summed E-state index contributed by atoms with van der Waals surface area (Å²) in [6.45, 7) is 28.3.